The van der Waals surface area contributed by atoms with Crippen molar-refractivity contribution in [2.24, 2.45) is 10.2 Å². The van der Waals surface area contributed by atoms with Gasteiger partial charge in [0.2, 0.25) is 0 Å². The Hall–Kier alpha value is -3.20. The van der Waals surface area contributed by atoms with Crippen molar-refractivity contribution in [3.05, 3.63) is 103 Å². The maximum atomic E-state index is 5.70. The second-order valence-corrected chi connectivity index (χ2v) is 4.84. The lowest BCUT2D eigenvalue weighted by molar-refractivity contribution is 0.482. The molecule has 3 nitrogen and oxygen atoms in total. The number of nitrogens with zero attached hydrogens (tertiary/aromatic N) is 2. The van der Waals surface area contributed by atoms with Crippen LogP contribution in [0.3, 0.4) is 0 Å². The van der Waals surface area contributed by atoms with Crippen LogP contribution in [0.2, 0.25) is 0 Å². The van der Waals surface area contributed by atoms with Crippen LogP contribution in [0.25, 0.3) is 5.70 Å². The van der Waals surface area contributed by atoms with Crippen molar-refractivity contribution < 1.29 is 4.74 Å². The number of hydrogen-bond acceptors (Lipinski definition) is 3. The molecule has 3 rings (SSSR count). The van der Waals surface area contributed by atoms with E-state index < -0.39 is 0 Å². The second-order valence-electron chi connectivity index (χ2n) is 4.84. The fraction of sp³-hybridized carbons (Fsp3) is 0. The molecule has 0 heterocycles. The van der Waals surface area contributed by atoms with Crippen molar-refractivity contribution in [3.8, 4) is 5.75 Å². The molecule has 0 unspecified atom stereocenters. The summed E-state index contributed by atoms with van der Waals surface area (Å²) < 4.78 is 5.70. The predicted molar refractivity (Wildman–Crippen MR) is 92.4 cm³/mol. The molecule has 0 aliphatic heterocycles. The molecule has 0 aliphatic carbocycles. The molecule has 0 atom stereocenters. The first kappa shape index (κ1) is 14.7. The standard InChI is InChI=1S/C20H16N2O/c1-4-10-17(11-5-1)20(16-23-19-14-8-3-9-15-19)22-21-18-12-6-2-7-13-18/h1-16H/b20-16+,22-21?. The van der Waals surface area contributed by atoms with Crippen molar-refractivity contribution in [3.63, 3.8) is 0 Å². The monoisotopic (exact) mass is 300 g/mol. The second kappa shape index (κ2) is 7.71. The van der Waals surface area contributed by atoms with Crippen LogP contribution in [0, 0.1) is 0 Å². The summed E-state index contributed by atoms with van der Waals surface area (Å²) in [5.41, 5.74) is 2.41. The predicted octanol–water partition coefficient (Wildman–Crippen LogP) is 5.85. The lowest BCUT2D eigenvalue weighted by Crippen LogP contribution is -1.86. The van der Waals surface area contributed by atoms with Gasteiger partial charge in [-0.2, -0.15) is 5.11 Å². The molecule has 0 bridgehead atoms. The lowest BCUT2D eigenvalue weighted by Gasteiger charge is -2.03. The zero-order chi connectivity index (χ0) is 15.7. The zero-order valence-electron chi connectivity index (χ0n) is 12.5. The summed E-state index contributed by atoms with van der Waals surface area (Å²) in [4.78, 5) is 0. The van der Waals surface area contributed by atoms with Gasteiger partial charge in [0.1, 0.15) is 17.7 Å². The van der Waals surface area contributed by atoms with E-state index in [1.807, 2.05) is 91.0 Å². The first-order valence-electron chi connectivity index (χ1n) is 7.36. The van der Waals surface area contributed by atoms with Crippen LogP contribution in [0.1, 0.15) is 5.56 Å². The van der Waals surface area contributed by atoms with Gasteiger partial charge in [-0.25, -0.2) is 0 Å². The highest BCUT2D eigenvalue weighted by Gasteiger charge is 2.01. The molecule has 0 saturated carbocycles. The number of benzene rings is 3. The van der Waals surface area contributed by atoms with E-state index in [0.717, 1.165) is 17.0 Å². The van der Waals surface area contributed by atoms with Gasteiger partial charge >= 0.3 is 0 Å². The third-order valence-electron chi connectivity index (χ3n) is 3.15. The van der Waals surface area contributed by atoms with E-state index in [-0.39, 0.29) is 0 Å². The van der Waals surface area contributed by atoms with Crippen LogP contribution in [0.15, 0.2) is 107 Å². The summed E-state index contributed by atoms with van der Waals surface area (Å²) in [7, 11) is 0. The van der Waals surface area contributed by atoms with Gasteiger partial charge in [0, 0.05) is 5.56 Å². The maximum absolute atomic E-state index is 5.70. The molecule has 0 aliphatic rings. The van der Waals surface area contributed by atoms with Gasteiger partial charge in [-0.3, -0.25) is 0 Å². The minimum Gasteiger partial charge on any atom is -0.463 e. The topological polar surface area (TPSA) is 34.0 Å². The van der Waals surface area contributed by atoms with Gasteiger partial charge in [-0.05, 0) is 24.3 Å². The van der Waals surface area contributed by atoms with Crippen molar-refractivity contribution >= 4 is 11.4 Å². The summed E-state index contributed by atoms with van der Waals surface area (Å²) >= 11 is 0. The van der Waals surface area contributed by atoms with Crippen molar-refractivity contribution in [2.45, 2.75) is 0 Å². The number of rotatable bonds is 5. The Balaban J connectivity index is 1.86. The number of para-hydroxylation sites is 1. The van der Waals surface area contributed by atoms with E-state index >= 15 is 0 Å². The number of hydrogen-bond donors (Lipinski definition) is 0. The molecule has 0 spiro atoms. The molecular weight excluding hydrogens is 284 g/mol. The molecule has 0 saturated heterocycles. The molecule has 0 radical (unpaired) electrons. The van der Waals surface area contributed by atoms with E-state index in [4.69, 9.17) is 4.74 Å². The normalized spacial score (nSPS) is 11.6. The highest BCUT2D eigenvalue weighted by molar-refractivity contribution is 5.63. The Bertz CT molecular complexity index is 782. The molecule has 3 aromatic rings. The first-order valence-corrected chi connectivity index (χ1v) is 7.36. The minimum atomic E-state index is 0.665. The van der Waals surface area contributed by atoms with E-state index in [0.29, 0.717) is 5.70 Å². The van der Waals surface area contributed by atoms with E-state index in [1.54, 1.807) is 6.26 Å². The largest absolute Gasteiger partial charge is 0.463 e. The van der Waals surface area contributed by atoms with Gasteiger partial charge in [0.25, 0.3) is 0 Å². The average Bonchev–Trinajstić information content (AvgIpc) is 2.64. The fourth-order valence-corrected chi connectivity index (χ4v) is 1.99. The van der Waals surface area contributed by atoms with Gasteiger partial charge in [0.05, 0.1) is 5.69 Å². The molecule has 112 valence electrons. The van der Waals surface area contributed by atoms with Crippen molar-refractivity contribution in [2.75, 3.05) is 0 Å². The van der Waals surface area contributed by atoms with E-state index in [1.165, 1.54) is 0 Å². The molecule has 0 fully saturated rings. The third-order valence-corrected chi connectivity index (χ3v) is 3.15. The molecular formula is C20H16N2O. The van der Waals surface area contributed by atoms with Crippen molar-refractivity contribution in [1.82, 2.24) is 0 Å². The number of azo groups is 1. The maximum Gasteiger partial charge on any atom is 0.128 e. The molecule has 23 heavy (non-hydrogen) atoms. The first-order chi connectivity index (χ1) is 11.4. The average molecular weight is 300 g/mol. The lowest BCUT2D eigenvalue weighted by atomic mass is 10.2. The summed E-state index contributed by atoms with van der Waals surface area (Å²) in [5.74, 6) is 0.760. The van der Waals surface area contributed by atoms with Crippen LogP contribution >= 0.6 is 0 Å². The van der Waals surface area contributed by atoms with Gasteiger partial charge < -0.3 is 4.74 Å². The van der Waals surface area contributed by atoms with Crippen molar-refractivity contribution in [1.29, 1.82) is 0 Å². The van der Waals surface area contributed by atoms with Crippen LogP contribution in [-0.2, 0) is 0 Å². The highest BCUT2D eigenvalue weighted by atomic mass is 16.5. The SMILES string of the molecule is C(/Oc1ccccc1)=C(\N=Nc1ccccc1)c1ccccc1. The Morgan fingerprint density at radius 2 is 1.26 bits per heavy atom. The molecule has 0 N–H and O–H groups in total. The Kier molecular flexibility index (Phi) is 4.93. The summed E-state index contributed by atoms with van der Waals surface area (Å²) in [6.45, 7) is 0. The summed E-state index contributed by atoms with van der Waals surface area (Å²) in [6.07, 6.45) is 1.62. The molecule has 3 heteroatoms. The van der Waals surface area contributed by atoms with Crippen LogP contribution in [-0.4, -0.2) is 0 Å². The van der Waals surface area contributed by atoms with Crippen LogP contribution in [0.5, 0.6) is 5.75 Å². The Morgan fingerprint density at radius 3 is 1.91 bits per heavy atom. The quantitative estimate of drug-likeness (QED) is 0.430. The number of ether oxygens (including phenoxy) is 1. The smallest absolute Gasteiger partial charge is 0.128 e. The van der Waals surface area contributed by atoms with Gasteiger partial charge in [-0.1, -0.05) is 66.7 Å². The molecule has 0 amide bonds. The summed E-state index contributed by atoms with van der Waals surface area (Å²) in [5, 5.41) is 8.61. The minimum absolute atomic E-state index is 0.665. The molecule has 3 aromatic carbocycles. The Morgan fingerprint density at radius 1 is 0.696 bits per heavy atom. The van der Waals surface area contributed by atoms with Crippen LogP contribution in [0.4, 0.5) is 5.69 Å². The third kappa shape index (κ3) is 4.38. The summed E-state index contributed by atoms with van der Waals surface area (Å²) in [6, 6.07) is 29.1. The molecule has 0 aromatic heterocycles. The Labute approximate surface area is 135 Å². The van der Waals surface area contributed by atoms with Crippen LogP contribution < -0.4 is 4.74 Å². The van der Waals surface area contributed by atoms with E-state index in [9.17, 15) is 0 Å². The van der Waals surface area contributed by atoms with Gasteiger partial charge in [-0.15, -0.1) is 5.11 Å². The highest BCUT2D eigenvalue weighted by Crippen LogP contribution is 2.21. The zero-order valence-corrected chi connectivity index (χ0v) is 12.5. The van der Waals surface area contributed by atoms with Gasteiger partial charge in [0.15, 0.2) is 0 Å². The fourth-order valence-electron chi connectivity index (χ4n) is 1.99. The van der Waals surface area contributed by atoms with E-state index in [2.05, 4.69) is 10.2 Å².